The lowest BCUT2D eigenvalue weighted by atomic mass is 9.95. The Labute approximate surface area is 147 Å². The molecule has 2 N–H and O–H groups in total. The van der Waals surface area contributed by atoms with Gasteiger partial charge in [-0.1, -0.05) is 32.9 Å². The number of ether oxygens (including phenoxy) is 1. The molecule has 6 nitrogen and oxygen atoms in total. The molecule has 0 radical (unpaired) electrons. The van der Waals surface area contributed by atoms with Gasteiger partial charge in [0, 0.05) is 35.5 Å². The van der Waals surface area contributed by atoms with Gasteiger partial charge in [0.2, 0.25) is 11.8 Å². The summed E-state index contributed by atoms with van der Waals surface area (Å²) in [6.45, 7) is 5.86. The van der Waals surface area contributed by atoms with Crippen molar-refractivity contribution in [3.63, 3.8) is 0 Å². The van der Waals surface area contributed by atoms with Crippen molar-refractivity contribution in [2.75, 3.05) is 12.4 Å². The molecular weight excluding hydrogens is 318 g/mol. The lowest BCUT2D eigenvalue weighted by Crippen LogP contribution is -2.28. The molecule has 0 bridgehead atoms. The minimum atomic E-state index is -0.500. The molecule has 1 heterocycles. The highest BCUT2D eigenvalue weighted by molar-refractivity contribution is 5.98. The number of nitrogens with zero attached hydrogens (tertiary/aromatic N) is 1. The summed E-state index contributed by atoms with van der Waals surface area (Å²) in [7, 11) is 1.55. The summed E-state index contributed by atoms with van der Waals surface area (Å²) < 4.78 is 5.00. The Morgan fingerprint density at radius 2 is 1.92 bits per heavy atom. The van der Waals surface area contributed by atoms with Gasteiger partial charge in [-0.2, -0.15) is 0 Å². The van der Waals surface area contributed by atoms with Crippen LogP contribution in [0.2, 0.25) is 0 Å². The number of anilines is 1. The number of aromatic nitrogens is 1. The predicted molar refractivity (Wildman–Crippen MR) is 96.5 cm³/mol. The average molecular weight is 341 g/mol. The fourth-order valence-corrected chi connectivity index (χ4v) is 1.98. The van der Waals surface area contributed by atoms with Gasteiger partial charge in [-0.25, -0.2) is 4.98 Å². The minimum Gasteiger partial charge on any atom is -0.481 e. The van der Waals surface area contributed by atoms with Crippen LogP contribution >= 0.6 is 0 Å². The van der Waals surface area contributed by atoms with E-state index in [1.165, 1.54) is 0 Å². The molecule has 2 rings (SSSR count). The van der Waals surface area contributed by atoms with E-state index in [2.05, 4.69) is 15.6 Å². The molecule has 0 unspecified atom stereocenters. The maximum Gasteiger partial charge on any atom is 0.251 e. The van der Waals surface area contributed by atoms with Crippen LogP contribution in [0.3, 0.4) is 0 Å². The zero-order valence-electron chi connectivity index (χ0n) is 14.9. The third kappa shape index (κ3) is 5.31. The first-order valence-electron chi connectivity index (χ1n) is 7.98. The van der Waals surface area contributed by atoms with Crippen molar-refractivity contribution in [1.82, 2.24) is 10.3 Å². The number of nitrogens with one attached hydrogen (secondary N) is 2. The summed E-state index contributed by atoms with van der Waals surface area (Å²) in [5.74, 6) is 0.203. The number of pyridine rings is 1. The van der Waals surface area contributed by atoms with Crippen LogP contribution in [0.5, 0.6) is 5.88 Å². The Hall–Kier alpha value is -2.89. The first-order chi connectivity index (χ1) is 11.8. The summed E-state index contributed by atoms with van der Waals surface area (Å²) in [5, 5.41) is 5.65. The smallest absolute Gasteiger partial charge is 0.251 e. The first-order valence-corrected chi connectivity index (χ1v) is 7.98. The van der Waals surface area contributed by atoms with Crippen LogP contribution < -0.4 is 15.4 Å². The summed E-state index contributed by atoms with van der Waals surface area (Å²) in [6.07, 6.45) is 1.65. The van der Waals surface area contributed by atoms with E-state index in [-0.39, 0.29) is 11.8 Å². The molecule has 25 heavy (non-hydrogen) atoms. The van der Waals surface area contributed by atoms with Crippen molar-refractivity contribution in [2.24, 2.45) is 5.41 Å². The summed E-state index contributed by atoms with van der Waals surface area (Å²) >= 11 is 0. The van der Waals surface area contributed by atoms with Crippen molar-refractivity contribution in [3.05, 3.63) is 53.7 Å². The molecule has 0 aliphatic rings. The zero-order chi connectivity index (χ0) is 18.4. The third-order valence-corrected chi connectivity index (χ3v) is 3.52. The van der Waals surface area contributed by atoms with Crippen LogP contribution in [-0.2, 0) is 11.3 Å². The van der Waals surface area contributed by atoms with Gasteiger partial charge in [0.05, 0.1) is 7.11 Å². The molecule has 0 aliphatic heterocycles. The first kappa shape index (κ1) is 18.4. The van der Waals surface area contributed by atoms with Gasteiger partial charge >= 0.3 is 0 Å². The van der Waals surface area contributed by atoms with Crippen molar-refractivity contribution in [1.29, 1.82) is 0 Å². The predicted octanol–water partition coefficient (Wildman–Crippen LogP) is 3.00. The number of methoxy groups -OCH3 is 1. The fraction of sp³-hybridized carbons (Fsp3) is 0.316. The van der Waals surface area contributed by atoms with Crippen molar-refractivity contribution >= 4 is 17.5 Å². The Bertz CT molecular complexity index is 749. The van der Waals surface area contributed by atoms with Gasteiger partial charge in [-0.05, 0) is 23.8 Å². The minimum absolute atomic E-state index is 0.102. The van der Waals surface area contributed by atoms with Crippen LogP contribution in [0.25, 0.3) is 0 Å². The SMILES string of the molecule is COc1ccc(CNC(=O)c2cccc(NC(=O)C(C)(C)C)c2)cn1. The molecule has 2 aromatic rings. The topological polar surface area (TPSA) is 80.3 Å². The third-order valence-electron chi connectivity index (χ3n) is 3.52. The van der Waals surface area contributed by atoms with E-state index in [9.17, 15) is 9.59 Å². The largest absolute Gasteiger partial charge is 0.481 e. The van der Waals surface area contributed by atoms with Gasteiger partial charge in [-0.15, -0.1) is 0 Å². The monoisotopic (exact) mass is 341 g/mol. The Kier molecular flexibility index (Phi) is 5.75. The molecule has 0 aliphatic carbocycles. The fourth-order valence-electron chi connectivity index (χ4n) is 1.98. The van der Waals surface area contributed by atoms with E-state index in [1.807, 2.05) is 26.8 Å². The molecular formula is C19H23N3O3. The van der Waals surface area contributed by atoms with Crippen LogP contribution in [0.4, 0.5) is 5.69 Å². The maximum absolute atomic E-state index is 12.3. The number of rotatable bonds is 5. The van der Waals surface area contributed by atoms with Crippen molar-refractivity contribution < 1.29 is 14.3 Å². The molecule has 0 saturated carbocycles. The van der Waals surface area contributed by atoms with Crippen LogP contribution in [0, 0.1) is 5.41 Å². The molecule has 0 atom stereocenters. The van der Waals surface area contributed by atoms with Crippen LogP contribution in [0.15, 0.2) is 42.6 Å². The number of carbonyl (C=O) groups is 2. The number of carbonyl (C=O) groups excluding carboxylic acids is 2. The highest BCUT2D eigenvalue weighted by Crippen LogP contribution is 2.18. The maximum atomic E-state index is 12.3. The number of amides is 2. The van der Waals surface area contributed by atoms with E-state index >= 15 is 0 Å². The van der Waals surface area contributed by atoms with Gasteiger partial charge in [0.25, 0.3) is 5.91 Å². The van der Waals surface area contributed by atoms with Crippen molar-refractivity contribution in [2.45, 2.75) is 27.3 Å². The Morgan fingerprint density at radius 1 is 1.16 bits per heavy atom. The molecule has 132 valence electrons. The number of hydrogen-bond acceptors (Lipinski definition) is 4. The zero-order valence-corrected chi connectivity index (χ0v) is 14.9. The van der Waals surface area contributed by atoms with E-state index < -0.39 is 5.41 Å². The standard InChI is InChI=1S/C19H23N3O3/c1-19(2,3)18(24)22-15-7-5-6-14(10-15)17(23)21-12-13-8-9-16(25-4)20-11-13/h5-11H,12H2,1-4H3,(H,21,23)(H,22,24). The normalized spacial score (nSPS) is 10.9. The molecule has 1 aromatic carbocycles. The Morgan fingerprint density at radius 3 is 2.52 bits per heavy atom. The lowest BCUT2D eigenvalue weighted by molar-refractivity contribution is -0.123. The molecule has 0 fully saturated rings. The van der Waals surface area contributed by atoms with E-state index in [0.717, 1.165) is 5.56 Å². The highest BCUT2D eigenvalue weighted by atomic mass is 16.5. The molecule has 2 amide bonds. The van der Waals surface area contributed by atoms with Gasteiger partial charge < -0.3 is 15.4 Å². The quantitative estimate of drug-likeness (QED) is 0.876. The second-order valence-corrected chi connectivity index (χ2v) is 6.68. The van der Waals surface area contributed by atoms with E-state index in [1.54, 1.807) is 43.6 Å². The second kappa shape index (κ2) is 7.79. The second-order valence-electron chi connectivity index (χ2n) is 6.68. The average Bonchev–Trinajstić information content (AvgIpc) is 2.59. The van der Waals surface area contributed by atoms with E-state index in [0.29, 0.717) is 23.7 Å². The molecule has 1 aromatic heterocycles. The van der Waals surface area contributed by atoms with Gasteiger partial charge in [-0.3, -0.25) is 9.59 Å². The molecule has 6 heteroatoms. The lowest BCUT2D eigenvalue weighted by Gasteiger charge is -2.18. The molecule has 0 saturated heterocycles. The van der Waals surface area contributed by atoms with Gasteiger partial charge in [0.15, 0.2) is 0 Å². The molecule has 0 spiro atoms. The van der Waals surface area contributed by atoms with Crippen LogP contribution in [-0.4, -0.2) is 23.9 Å². The van der Waals surface area contributed by atoms with E-state index in [4.69, 9.17) is 4.74 Å². The summed E-state index contributed by atoms with van der Waals surface area (Å²) in [6, 6.07) is 10.4. The van der Waals surface area contributed by atoms with Crippen molar-refractivity contribution in [3.8, 4) is 5.88 Å². The number of hydrogen-bond donors (Lipinski definition) is 2. The Balaban J connectivity index is 1.99. The van der Waals surface area contributed by atoms with Gasteiger partial charge in [0.1, 0.15) is 0 Å². The summed E-state index contributed by atoms with van der Waals surface area (Å²) in [4.78, 5) is 28.5. The highest BCUT2D eigenvalue weighted by Gasteiger charge is 2.21. The van der Waals surface area contributed by atoms with Crippen LogP contribution in [0.1, 0.15) is 36.7 Å². The summed E-state index contributed by atoms with van der Waals surface area (Å²) in [5.41, 5.74) is 1.44. The number of benzene rings is 1.